The maximum absolute atomic E-state index is 11.3. The molecule has 3 N–H and O–H groups in total. The Kier molecular flexibility index (Phi) is 6.18. The molecule has 0 aromatic carbocycles. The van der Waals surface area contributed by atoms with Crippen LogP contribution in [0.5, 0.6) is 0 Å². The fourth-order valence-electron chi connectivity index (χ4n) is 1.84. The highest BCUT2D eigenvalue weighted by atomic mass is 16.3. The zero-order valence-corrected chi connectivity index (χ0v) is 9.91. The lowest BCUT2D eigenvalue weighted by Crippen LogP contribution is -2.50. The monoisotopic (exact) mass is 228 g/mol. The number of likely N-dealkylation sites (tertiary alicyclic amines) is 1. The summed E-state index contributed by atoms with van der Waals surface area (Å²) in [5.74, 6) is 0. The molecule has 16 heavy (non-hydrogen) atoms. The van der Waals surface area contributed by atoms with Gasteiger partial charge in [-0.3, -0.25) is 0 Å². The minimum atomic E-state index is -0.204. The molecule has 5 nitrogen and oxygen atoms in total. The summed E-state index contributed by atoms with van der Waals surface area (Å²) in [5, 5.41) is 14.6. The number of hydrogen-bond donors (Lipinski definition) is 3. The van der Waals surface area contributed by atoms with Crippen LogP contribution < -0.4 is 10.6 Å². The number of rotatable bonds is 5. The average Bonchev–Trinajstić information content (AvgIpc) is 2.30. The van der Waals surface area contributed by atoms with E-state index < -0.39 is 0 Å². The van der Waals surface area contributed by atoms with E-state index in [0.29, 0.717) is 6.54 Å². The molecule has 1 fully saturated rings. The SMILES string of the molecule is CCNC(=O)NC(CO)CN1CC[CH]CC1. The van der Waals surface area contributed by atoms with E-state index in [-0.39, 0.29) is 18.7 Å². The lowest BCUT2D eigenvalue weighted by atomic mass is 10.1. The molecule has 2 amide bonds. The normalized spacial score (nSPS) is 19.1. The van der Waals surface area contributed by atoms with Crippen LogP contribution >= 0.6 is 0 Å². The van der Waals surface area contributed by atoms with Gasteiger partial charge in [0.15, 0.2) is 0 Å². The minimum absolute atomic E-state index is 0.0165. The highest BCUT2D eigenvalue weighted by Crippen LogP contribution is 2.07. The van der Waals surface area contributed by atoms with E-state index in [9.17, 15) is 9.90 Å². The van der Waals surface area contributed by atoms with E-state index in [1.54, 1.807) is 0 Å². The van der Waals surface area contributed by atoms with Crippen molar-refractivity contribution in [3.8, 4) is 0 Å². The Morgan fingerprint density at radius 1 is 1.50 bits per heavy atom. The topological polar surface area (TPSA) is 64.6 Å². The fourth-order valence-corrected chi connectivity index (χ4v) is 1.84. The number of hydrogen-bond acceptors (Lipinski definition) is 3. The summed E-state index contributed by atoms with van der Waals surface area (Å²) in [6.07, 6.45) is 4.47. The van der Waals surface area contributed by atoms with Crippen LogP contribution in [0, 0.1) is 6.42 Å². The number of carbonyl (C=O) groups excluding carboxylic acids is 1. The number of nitrogens with one attached hydrogen (secondary N) is 2. The first kappa shape index (κ1) is 13.3. The van der Waals surface area contributed by atoms with Gasteiger partial charge >= 0.3 is 6.03 Å². The Morgan fingerprint density at radius 2 is 2.19 bits per heavy atom. The second-order valence-electron chi connectivity index (χ2n) is 4.05. The Morgan fingerprint density at radius 3 is 2.75 bits per heavy atom. The molecule has 1 aliphatic heterocycles. The summed E-state index contributed by atoms with van der Waals surface area (Å²) < 4.78 is 0. The first-order chi connectivity index (χ1) is 7.76. The van der Waals surface area contributed by atoms with Crippen LogP contribution in [0.4, 0.5) is 4.79 Å². The van der Waals surface area contributed by atoms with Crippen molar-refractivity contribution in [2.75, 3.05) is 32.8 Å². The van der Waals surface area contributed by atoms with Crippen molar-refractivity contribution in [3.63, 3.8) is 0 Å². The number of carbonyl (C=O) groups is 1. The van der Waals surface area contributed by atoms with E-state index in [0.717, 1.165) is 32.5 Å². The maximum atomic E-state index is 11.3. The number of aliphatic hydroxyl groups excluding tert-OH is 1. The molecule has 1 rings (SSSR count). The molecule has 93 valence electrons. The molecule has 1 aliphatic rings. The molecule has 0 bridgehead atoms. The predicted molar refractivity (Wildman–Crippen MR) is 63.1 cm³/mol. The van der Waals surface area contributed by atoms with Crippen molar-refractivity contribution in [1.82, 2.24) is 15.5 Å². The third-order valence-corrected chi connectivity index (χ3v) is 2.67. The molecule has 1 radical (unpaired) electrons. The minimum Gasteiger partial charge on any atom is -0.394 e. The molecule has 0 spiro atoms. The molecule has 1 saturated heterocycles. The van der Waals surface area contributed by atoms with Crippen LogP contribution in [0.2, 0.25) is 0 Å². The van der Waals surface area contributed by atoms with Gasteiger partial charge in [-0.2, -0.15) is 0 Å². The van der Waals surface area contributed by atoms with Gasteiger partial charge in [-0.25, -0.2) is 4.79 Å². The van der Waals surface area contributed by atoms with E-state index >= 15 is 0 Å². The van der Waals surface area contributed by atoms with Crippen LogP contribution in [0.3, 0.4) is 0 Å². The van der Waals surface area contributed by atoms with Crippen LogP contribution in [-0.2, 0) is 0 Å². The smallest absolute Gasteiger partial charge is 0.315 e. The van der Waals surface area contributed by atoms with Crippen LogP contribution in [0.25, 0.3) is 0 Å². The van der Waals surface area contributed by atoms with Crippen molar-refractivity contribution in [3.05, 3.63) is 6.42 Å². The first-order valence-electron chi connectivity index (χ1n) is 5.95. The molecular formula is C11H22N3O2. The highest BCUT2D eigenvalue weighted by Gasteiger charge is 2.17. The van der Waals surface area contributed by atoms with Gasteiger partial charge in [0.25, 0.3) is 0 Å². The van der Waals surface area contributed by atoms with Gasteiger partial charge in [0.1, 0.15) is 0 Å². The molecule has 0 aromatic rings. The summed E-state index contributed by atoms with van der Waals surface area (Å²) >= 11 is 0. The van der Waals surface area contributed by atoms with Crippen molar-refractivity contribution in [2.45, 2.75) is 25.8 Å². The highest BCUT2D eigenvalue weighted by molar-refractivity contribution is 5.74. The summed E-state index contributed by atoms with van der Waals surface area (Å²) in [6, 6.07) is -0.380. The van der Waals surface area contributed by atoms with Gasteiger partial charge in [-0.15, -0.1) is 0 Å². The third kappa shape index (κ3) is 4.81. The van der Waals surface area contributed by atoms with Crippen molar-refractivity contribution < 1.29 is 9.90 Å². The largest absolute Gasteiger partial charge is 0.394 e. The number of piperidine rings is 1. The summed E-state index contributed by atoms with van der Waals surface area (Å²) in [5.41, 5.74) is 0. The molecule has 0 saturated carbocycles. The number of aliphatic hydroxyl groups is 1. The van der Waals surface area contributed by atoms with Crippen molar-refractivity contribution in [1.29, 1.82) is 0 Å². The lowest BCUT2D eigenvalue weighted by Gasteiger charge is -2.29. The maximum Gasteiger partial charge on any atom is 0.315 e. The fraction of sp³-hybridized carbons (Fsp3) is 0.818. The number of nitrogens with zero attached hydrogens (tertiary/aromatic N) is 1. The van der Waals surface area contributed by atoms with E-state index in [1.807, 2.05) is 6.92 Å². The zero-order valence-electron chi connectivity index (χ0n) is 9.91. The third-order valence-electron chi connectivity index (χ3n) is 2.67. The van der Waals surface area contributed by atoms with E-state index in [4.69, 9.17) is 0 Å². The molecule has 1 atom stereocenters. The van der Waals surface area contributed by atoms with Gasteiger partial charge in [0.2, 0.25) is 0 Å². The van der Waals surface area contributed by atoms with Crippen LogP contribution in [-0.4, -0.2) is 54.9 Å². The summed E-state index contributed by atoms with van der Waals surface area (Å²) in [7, 11) is 0. The molecule has 1 heterocycles. The van der Waals surface area contributed by atoms with E-state index in [1.165, 1.54) is 0 Å². The van der Waals surface area contributed by atoms with Crippen LogP contribution in [0.1, 0.15) is 19.8 Å². The van der Waals surface area contributed by atoms with Gasteiger partial charge in [0, 0.05) is 13.1 Å². The molecule has 0 aliphatic carbocycles. The Hall–Kier alpha value is -0.810. The molecular weight excluding hydrogens is 206 g/mol. The summed E-state index contributed by atoms with van der Waals surface area (Å²) in [4.78, 5) is 13.6. The van der Waals surface area contributed by atoms with Gasteiger partial charge in [0.05, 0.1) is 12.6 Å². The van der Waals surface area contributed by atoms with E-state index in [2.05, 4.69) is 22.0 Å². The second kappa shape index (κ2) is 7.46. The summed E-state index contributed by atoms with van der Waals surface area (Å²) in [6.45, 7) is 5.22. The lowest BCUT2D eigenvalue weighted by molar-refractivity contribution is 0.171. The zero-order chi connectivity index (χ0) is 11.8. The standard InChI is InChI=1S/C11H22N3O2/c1-2-12-11(16)13-10(9-15)8-14-6-4-3-5-7-14/h3,10,15H,2,4-9H2,1H3,(H2,12,13,16). The average molecular weight is 228 g/mol. The van der Waals surface area contributed by atoms with Crippen molar-refractivity contribution in [2.24, 2.45) is 0 Å². The van der Waals surface area contributed by atoms with Gasteiger partial charge in [-0.05, 0) is 39.3 Å². The Labute approximate surface area is 97.2 Å². The van der Waals surface area contributed by atoms with Gasteiger partial charge < -0.3 is 20.6 Å². The number of urea groups is 1. The molecule has 0 aromatic heterocycles. The number of amides is 2. The quantitative estimate of drug-likeness (QED) is 0.619. The second-order valence-corrected chi connectivity index (χ2v) is 4.05. The Balaban J connectivity index is 2.27. The van der Waals surface area contributed by atoms with Crippen LogP contribution in [0.15, 0.2) is 0 Å². The molecule has 5 heteroatoms. The predicted octanol–water partition coefficient (Wildman–Crippen LogP) is -0.0335. The van der Waals surface area contributed by atoms with Crippen molar-refractivity contribution >= 4 is 6.03 Å². The first-order valence-corrected chi connectivity index (χ1v) is 5.95. The Bertz CT molecular complexity index is 205. The van der Waals surface area contributed by atoms with Gasteiger partial charge in [-0.1, -0.05) is 0 Å². The molecule has 1 unspecified atom stereocenters.